The van der Waals surface area contributed by atoms with E-state index in [0.717, 1.165) is 11.3 Å². The van der Waals surface area contributed by atoms with E-state index in [1.807, 2.05) is 31.2 Å². The van der Waals surface area contributed by atoms with Crippen molar-refractivity contribution in [3.63, 3.8) is 0 Å². The Labute approximate surface area is 134 Å². The monoisotopic (exact) mass is 317 g/mol. The second-order valence-corrected chi connectivity index (χ2v) is 4.91. The van der Waals surface area contributed by atoms with Crippen LogP contribution < -0.4 is 14.2 Å². The van der Waals surface area contributed by atoms with Crippen LogP contribution in [0.1, 0.15) is 12.0 Å². The molecule has 0 amide bonds. The molecule has 0 aliphatic rings. The summed E-state index contributed by atoms with van der Waals surface area (Å²) in [5.41, 5.74) is 1.06. The molecular weight excluding hydrogens is 298 g/mol. The van der Waals surface area contributed by atoms with Crippen molar-refractivity contribution in [2.24, 2.45) is 0 Å². The third kappa shape index (κ3) is 4.60. The van der Waals surface area contributed by atoms with E-state index in [1.54, 1.807) is 6.07 Å². The number of para-hydroxylation sites is 1. The van der Waals surface area contributed by atoms with Gasteiger partial charge in [-0.1, -0.05) is 18.2 Å². The molecule has 0 aromatic heterocycles. The first-order valence-corrected chi connectivity index (χ1v) is 7.25. The average Bonchev–Trinajstić information content (AvgIpc) is 2.56. The lowest BCUT2D eigenvalue weighted by Crippen LogP contribution is -2.06. The molecule has 0 aliphatic heterocycles. The number of methoxy groups -OCH3 is 1. The Kier molecular flexibility index (Phi) is 5.80. The van der Waals surface area contributed by atoms with Crippen molar-refractivity contribution in [3.05, 3.63) is 58.1 Å². The van der Waals surface area contributed by atoms with Gasteiger partial charge in [-0.15, -0.1) is 0 Å². The van der Waals surface area contributed by atoms with Crippen LogP contribution >= 0.6 is 0 Å². The van der Waals surface area contributed by atoms with Gasteiger partial charge in [0.2, 0.25) is 0 Å². The van der Waals surface area contributed by atoms with E-state index in [2.05, 4.69) is 0 Å². The van der Waals surface area contributed by atoms with Crippen LogP contribution in [0.25, 0.3) is 0 Å². The summed E-state index contributed by atoms with van der Waals surface area (Å²) in [5, 5.41) is 10.7. The molecule has 0 saturated heterocycles. The number of nitrogens with zero attached hydrogens (tertiary/aromatic N) is 1. The molecule has 0 bridgehead atoms. The summed E-state index contributed by atoms with van der Waals surface area (Å²) in [6, 6.07) is 12.1. The van der Waals surface area contributed by atoms with Gasteiger partial charge in [0.05, 0.1) is 31.3 Å². The number of ether oxygens (including phenoxy) is 3. The summed E-state index contributed by atoms with van der Waals surface area (Å²) in [7, 11) is 1.45. The molecule has 6 nitrogen and oxygen atoms in total. The summed E-state index contributed by atoms with van der Waals surface area (Å²) >= 11 is 0. The largest absolute Gasteiger partial charge is 0.493 e. The van der Waals surface area contributed by atoms with Gasteiger partial charge in [0.1, 0.15) is 5.75 Å². The minimum Gasteiger partial charge on any atom is -0.493 e. The number of non-ortho nitro benzene ring substituents is 1. The predicted molar refractivity (Wildman–Crippen MR) is 86.4 cm³/mol. The molecule has 0 atom stereocenters. The fraction of sp³-hybridized carbons (Fsp3) is 0.294. The molecule has 2 aromatic carbocycles. The normalized spacial score (nSPS) is 10.2. The Balaban J connectivity index is 1.82. The number of nitro groups is 1. The molecule has 0 radical (unpaired) electrons. The lowest BCUT2D eigenvalue weighted by atomic mass is 10.2. The Morgan fingerprint density at radius 2 is 1.70 bits per heavy atom. The van der Waals surface area contributed by atoms with Crippen LogP contribution in [0.15, 0.2) is 42.5 Å². The molecule has 2 rings (SSSR count). The van der Waals surface area contributed by atoms with Gasteiger partial charge in [0.25, 0.3) is 5.69 Å². The number of hydrogen-bond acceptors (Lipinski definition) is 5. The smallest absolute Gasteiger partial charge is 0.273 e. The minimum absolute atomic E-state index is 0.0305. The Bertz CT molecular complexity index is 672. The summed E-state index contributed by atoms with van der Waals surface area (Å²) in [6.45, 7) is 2.95. The number of benzene rings is 2. The van der Waals surface area contributed by atoms with E-state index in [4.69, 9.17) is 14.2 Å². The van der Waals surface area contributed by atoms with E-state index in [-0.39, 0.29) is 5.69 Å². The topological polar surface area (TPSA) is 70.8 Å². The highest BCUT2D eigenvalue weighted by Crippen LogP contribution is 2.31. The van der Waals surface area contributed by atoms with Crippen LogP contribution in [-0.2, 0) is 0 Å². The molecule has 23 heavy (non-hydrogen) atoms. The fourth-order valence-corrected chi connectivity index (χ4v) is 2.03. The average molecular weight is 317 g/mol. The first kappa shape index (κ1) is 16.6. The number of nitro benzene ring substituents is 1. The molecule has 0 fully saturated rings. The molecule has 0 N–H and O–H groups in total. The van der Waals surface area contributed by atoms with Crippen molar-refractivity contribution < 1.29 is 19.1 Å². The molecule has 0 heterocycles. The second-order valence-electron chi connectivity index (χ2n) is 4.91. The maximum absolute atomic E-state index is 10.7. The molecule has 0 aliphatic carbocycles. The number of hydrogen-bond donors (Lipinski definition) is 0. The van der Waals surface area contributed by atoms with Gasteiger partial charge < -0.3 is 14.2 Å². The summed E-state index contributed by atoms with van der Waals surface area (Å²) in [6.07, 6.45) is 0.689. The van der Waals surface area contributed by atoms with Crippen LogP contribution in [0, 0.1) is 17.0 Å². The van der Waals surface area contributed by atoms with Gasteiger partial charge in [0, 0.05) is 12.5 Å². The van der Waals surface area contributed by atoms with Crippen molar-refractivity contribution in [1.82, 2.24) is 0 Å². The van der Waals surface area contributed by atoms with Crippen molar-refractivity contribution in [2.75, 3.05) is 20.3 Å². The summed E-state index contributed by atoms with van der Waals surface area (Å²) < 4.78 is 16.4. The lowest BCUT2D eigenvalue weighted by molar-refractivity contribution is -0.384. The maximum Gasteiger partial charge on any atom is 0.273 e. The highest BCUT2D eigenvalue weighted by molar-refractivity contribution is 5.48. The third-order valence-corrected chi connectivity index (χ3v) is 3.26. The lowest BCUT2D eigenvalue weighted by Gasteiger charge is -2.11. The first-order chi connectivity index (χ1) is 11.1. The Morgan fingerprint density at radius 1 is 1.00 bits per heavy atom. The number of rotatable bonds is 8. The van der Waals surface area contributed by atoms with Crippen LogP contribution in [0.4, 0.5) is 5.69 Å². The van der Waals surface area contributed by atoms with E-state index >= 15 is 0 Å². The van der Waals surface area contributed by atoms with Gasteiger partial charge in [-0.3, -0.25) is 10.1 Å². The highest BCUT2D eigenvalue weighted by atomic mass is 16.6. The van der Waals surface area contributed by atoms with Gasteiger partial charge in [-0.05, 0) is 24.6 Å². The maximum atomic E-state index is 10.7. The molecular formula is C17H19NO5. The number of aryl methyl sites for hydroxylation is 1. The molecule has 0 unspecified atom stereocenters. The van der Waals surface area contributed by atoms with Crippen LogP contribution in [0.2, 0.25) is 0 Å². The van der Waals surface area contributed by atoms with Gasteiger partial charge >= 0.3 is 0 Å². The van der Waals surface area contributed by atoms with Crippen molar-refractivity contribution in [2.45, 2.75) is 13.3 Å². The van der Waals surface area contributed by atoms with Gasteiger partial charge in [-0.2, -0.15) is 0 Å². The van der Waals surface area contributed by atoms with Crippen molar-refractivity contribution >= 4 is 5.69 Å². The molecule has 0 saturated carbocycles. The fourth-order valence-electron chi connectivity index (χ4n) is 2.03. The minimum atomic E-state index is -0.470. The van der Waals surface area contributed by atoms with Crippen LogP contribution in [0.5, 0.6) is 17.2 Å². The standard InChI is InChI=1S/C17H19NO5/c1-13-6-3-4-7-15(13)22-10-5-11-23-16-9-8-14(18(19)20)12-17(16)21-2/h3-4,6-9,12H,5,10-11H2,1-2H3. The van der Waals surface area contributed by atoms with E-state index in [0.29, 0.717) is 31.1 Å². The predicted octanol–water partition coefficient (Wildman–Crippen LogP) is 3.76. The molecule has 2 aromatic rings. The zero-order chi connectivity index (χ0) is 16.7. The SMILES string of the molecule is COc1cc([N+](=O)[O-])ccc1OCCCOc1ccccc1C. The van der Waals surface area contributed by atoms with E-state index in [9.17, 15) is 10.1 Å². The first-order valence-electron chi connectivity index (χ1n) is 7.25. The van der Waals surface area contributed by atoms with Crippen molar-refractivity contribution in [1.29, 1.82) is 0 Å². The van der Waals surface area contributed by atoms with E-state index < -0.39 is 4.92 Å². The van der Waals surface area contributed by atoms with Crippen molar-refractivity contribution in [3.8, 4) is 17.2 Å². The third-order valence-electron chi connectivity index (χ3n) is 3.26. The van der Waals surface area contributed by atoms with Gasteiger partial charge in [0.15, 0.2) is 11.5 Å². The highest BCUT2D eigenvalue weighted by Gasteiger charge is 2.12. The zero-order valence-corrected chi connectivity index (χ0v) is 13.2. The Hall–Kier alpha value is -2.76. The van der Waals surface area contributed by atoms with Gasteiger partial charge in [-0.25, -0.2) is 0 Å². The quantitative estimate of drug-likeness (QED) is 0.421. The van der Waals surface area contributed by atoms with Crippen LogP contribution in [0.3, 0.4) is 0 Å². The van der Waals surface area contributed by atoms with E-state index in [1.165, 1.54) is 19.2 Å². The molecule has 6 heteroatoms. The zero-order valence-electron chi connectivity index (χ0n) is 13.2. The Morgan fingerprint density at radius 3 is 2.35 bits per heavy atom. The van der Waals surface area contributed by atoms with Crippen LogP contribution in [-0.4, -0.2) is 25.2 Å². The molecule has 0 spiro atoms. The summed E-state index contributed by atoms with van der Waals surface area (Å²) in [5.74, 6) is 1.69. The second kappa shape index (κ2) is 8.03. The molecule has 122 valence electrons. The summed E-state index contributed by atoms with van der Waals surface area (Å²) in [4.78, 5) is 10.3.